The zero-order chi connectivity index (χ0) is 11.4. The second-order valence-electron chi connectivity index (χ2n) is 4.28. The van der Waals surface area contributed by atoms with Crippen LogP contribution in [0.3, 0.4) is 0 Å². The van der Waals surface area contributed by atoms with E-state index in [0.717, 1.165) is 55.4 Å². The first-order valence-corrected chi connectivity index (χ1v) is 6.08. The van der Waals surface area contributed by atoms with Crippen LogP contribution < -0.4 is 0 Å². The van der Waals surface area contributed by atoms with Crippen LogP contribution in [0, 0.1) is 0 Å². The third-order valence-electron chi connectivity index (χ3n) is 3.12. The highest BCUT2D eigenvalue weighted by Crippen LogP contribution is 2.27. The number of rotatable bonds is 3. The summed E-state index contributed by atoms with van der Waals surface area (Å²) in [6, 6.07) is 0. The fraction of sp³-hybridized carbons (Fsp3) is 0.500. The molecule has 0 radical (unpaired) electrons. The third kappa shape index (κ3) is 2.43. The molecule has 0 bridgehead atoms. The van der Waals surface area contributed by atoms with Gasteiger partial charge in [0, 0.05) is 6.42 Å². The van der Waals surface area contributed by atoms with Crippen LogP contribution in [0.25, 0.3) is 0 Å². The van der Waals surface area contributed by atoms with E-state index in [9.17, 15) is 4.79 Å². The smallest absolute Gasteiger partial charge is 0.343 e. The van der Waals surface area contributed by atoms with Crippen LogP contribution in [0.5, 0.6) is 0 Å². The Hall–Kier alpha value is -1.31. The largest absolute Gasteiger partial charge is 0.428 e. The van der Waals surface area contributed by atoms with Gasteiger partial charge in [-0.25, -0.2) is 4.79 Å². The maximum absolute atomic E-state index is 11.9. The summed E-state index contributed by atoms with van der Waals surface area (Å²) in [6.07, 6.45) is 12.3. The molecule has 0 unspecified atom stereocenters. The number of esters is 1. The molecule has 16 heavy (non-hydrogen) atoms. The van der Waals surface area contributed by atoms with Gasteiger partial charge in [0.25, 0.3) is 0 Å². The van der Waals surface area contributed by atoms with Gasteiger partial charge in [-0.1, -0.05) is 12.2 Å². The van der Waals surface area contributed by atoms with Crippen molar-refractivity contribution in [2.75, 3.05) is 0 Å². The summed E-state index contributed by atoms with van der Waals surface area (Å²) in [4.78, 5) is 11.9. The fourth-order valence-corrected chi connectivity index (χ4v) is 2.26. The third-order valence-corrected chi connectivity index (χ3v) is 3.12. The van der Waals surface area contributed by atoms with Crippen molar-refractivity contribution in [1.29, 1.82) is 0 Å². The Labute approximate surface area is 96.7 Å². The van der Waals surface area contributed by atoms with E-state index in [1.165, 1.54) is 0 Å². The highest BCUT2D eigenvalue weighted by molar-refractivity contribution is 5.94. The molecule has 0 fully saturated rings. The van der Waals surface area contributed by atoms with Crippen LogP contribution in [-0.2, 0) is 9.53 Å². The Kier molecular flexibility index (Phi) is 3.60. The van der Waals surface area contributed by atoms with Gasteiger partial charge < -0.3 is 4.74 Å². The summed E-state index contributed by atoms with van der Waals surface area (Å²) in [5.74, 6) is 0.673. The molecule has 0 aromatic rings. The standard InChI is InChI=1S/C14H18O2/c1-2-13(11-7-3-4-8-11)14(15)16-12-9-5-6-10-12/h2,7,9H,3-6,8,10H2,1H3. The molecule has 0 N–H and O–H groups in total. The van der Waals surface area contributed by atoms with E-state index >= 15 is 0 Å². The average Bonchev–Trinajstić information content (AvgIpc) is 2.91. The van der Waals surface area contributed by atoms with Crippen molar-refractivity contribution in [2.24, 2.45) is 0 Å². The first-order valence-electron chi connectivity index (χ1n) is 6.08. The Morgan fingerprint density at radius 2 is 2.00 bits per heavy atom. The molecule has 2 nitrogen and oxygen atoms in total. The van der Waals surface area contributed by atoms with Crippen molar-refractivity contribution in [3.8, 4) is 0 Å². The van der Waals surface area contributed by atoms with Crippen molar-refractivity contribution >= 4 is 5.97 Å². The number of hydrogen-bond acceptors (Lipinski definition) is 2. The average molecular weight is 218 g/mol. The highest BCUT2D eigenvalue weighted by atomic mass is 16.5. The summed E-state index contributed by atoms with van der Waals surface area (Å²) in [5, 5.41) is 0. The molecule has 0 spiro atoms. The lowest BCUT2D eigenvalue weighted by atomic mass is 10.1. The maximum Gasteiger partial charge on any atom is 0.343 e. The van der Waals surface area contributed by atoms with E-state index < -0.39 is 0 Å². The minimum absolute atomic E-state index is 0.177. The van der Waals surface area contributed by atoms with Crippen LogP contribution in [-0.4, -0.2) is 5.97 Å². The van der Waals surface area contributed by atoms with Gasteiger partial charge in [0.1, 0.15) is 5.76 Å². The van der Waals surface area contributed by atoms with Crippen molar-refractivity contribution in [2.45, 2.75) is 45.4 Å². The molecule has 2 heteroatoms. The predicted octanol–water partition coefficient (Wildman–Crippen LogP) is 3.65. The Bertz CT molecular complexity index is 372. The molecule has 0 amide bonds. The normalized spacial score (nSPS) is 20.7. The molecule has 0 aromatic heterocycles. The van der Waals surface area contributed by atoms with E-state index in [1.807, 2.05) is 19.1 Å². The lowest BCUT2D eigenvalue weighted by molar-refractivity contribution is -0.134. The maximum atomic E-state index is 11.9. The minimum atomic E-state index is -0.177. The number of carbonyl (C=O) groups is 1. The summed E-state index contributed by atoms with van der Waals surface area (Å²) in [7, 11) is 0. The summed E-state index contributed by atoms with van der Waals surface area (Å²) < 4.78 is 5.39. The first-order chi connectivity index (χ1) is 7.81. The van der Waals surface area contributed by atoms with Crippen molar-refractivity contribution < 1.29 is 9.53 Å². The molecule has 0 heterocycles. The van der Waals surface area contributed by atoms with Gasteiger partial charge in [-0.3, -0.25) is 0 Å². The molecule has 0 saturated heterocycles. The van der Waals surface area contributed by atoms with Crippen LogP contribution in [0.4, 0.5) is 0 Å². The molecule has 0 saturated carbocycles. The van der Waals surface area contributed by atoms with Crippen LogP contribution in [0.2, 0.25) is 0 Å². The first kappa shape index (κ1) is 11.2. The van der Waals surface area contributed by atoms with Gasteiger partial charge in [0.2, 0.25) is 0 Å². The molecule has 2 aliphatic rings. The molecular weight excluding hydrogens is 200 g/mol. The minimum Gasteiger partial charge on any atom is -0.428 e. The monoisotopic (exact) mass is 218 g/mol. The number of carbonyl (C=O) groups excluding carboxylic acids is 1. The van der Waals surface area contributed by atoms with E-state index in [4.69, 9.17) is 4.74 Å². The van der Waals surface area contributed by atoms with Crippen LogP contribution in [0.1, 0.15) is 45.4 Å². The van der Waals surface area contributed by atoms with Crippen LogP contribution in [0.15, 0.2) is 35.1 Å². The summed E-state index contributed by atoms with van der Waals surface area (Å²) in [6.45, 7) is 1.90. The zero-order valence-electron chi connectivity index (χ0n) is 9.79. The second kappa shape index (κ2) is 5.15. The van der Waals surface area contributed by atoms with E-state index in [1.54, 1.807) is 0 Å². The van der Waals surface area contributed by atoms with Crippen LogP contribution >= 0.6 is 0 Å². The van der Waals surface area contributed by atoms with Gasteiger partial charge in [-0.15, -0.1) is 0 Å². The van der Waals surface area contributed by atoms with E-state index in [-0.39, 0.29) is 5.97 Å². The predicted molar refractivity (Wildman–Crippen MR) is 63.7 cm³/mol. The molecule has 0 aliphatic heterocycles. The van der Waals surface area contributed by atoms with Gasteiger partial charge in [-0.2, -0.15) is 0 Å². The Balaban J connectivity index is 2.01. The fourth-order valence-electron chi connectivity index (χ4n) is 2.26. The lowest BCUT2D eigenvalue weighted by Crippen LogP contribution is -2.08. The van der Waals surface area contributed by atoms with Gasteiger partial charge in [-0.05, 0) is 50.7 Å². The van der Waals surface area contributed by atoms with Gasteiger partial charge in [0.05, 0.1) is 5.57 Å². The van der Waals surface area contributed by atoms with Gasteiger partial charge in [0.15, 0.2) is 0 Å². The van der Waals surface area contributed by atoms with Crippen molar-refractivity contribution in [3.63, 3.8) is 0 Å². The van der Waals surface area contributed by atoms with Crippen molar-refractivity contribution in [3.05, 3.63) is 35.1 Å². The molecule has 86 valence electrons. The topological polar surface area (TPSA) is 26.3 Å². The zero-order valence-corrected chi connectivity index (χ0v) is 9.79. The van der Waals surface area contributed by atoms with E-state index in [2.05, 4.69) is 6.08 Å². The van der Waals surface area contributed by atoms with Gasteiger partial charge >= 0.3 is 5.97 Å². The molecule has 0 aromatic carbocycles. The van der Waals surface area contributed by atoms with E-state index in [0.29, 0.717) is 0 Å². The Morgan fingerprint density at radius 1 is 1.25 bits per heavy atom. The molecule has 0 atom stereocenters. The molecular formula is C14H18O2. The summed E-state index contributed by atoms with van der Waals surface area (Å²) >= 11 is 0. The number of ether oxygens (including phenoxy) is 1. The highest BCUT2D eigenvalue weighted by Gasteiger charge is 2.19. The quantitative estimate of drug-likeness (QED) is 0.534. The summed E-state index contributed by atoms with van der Waals surface area (Å²) in [5.41, 5.74) is 1.91. The lowest BCUT2D eigenvalue weighted by Gasteiger charge is -2.09. The molecule has 2 rings (SSSR count). The molecule has 2 aliphatic carbocycles. The number of allylic oxidation sites excluding steroid dienone is 4. The second-order valence-corrected chi connectivity index (χ2v) is 4.28. The Morgan fingerprint density at radius 3 is 2.56 bits per heavy atom. The van der Waals surface area contributed by atoms with Crippen molar-refractivity contribution in [1.82, 2.24) is 0 Å². The number of hydrogen-bond donors (Lipinski definition) is 0. The SMILES string of the molecule is CC=C(C(=O)OC1=CCCC1)C1=CCCC1.